The maximum Gasteiger partial charge on any atom is 0.416 e. The van der Waals surface area contributed by atoms with Crippen LogP contribution in [0, 0.1) is 0 Å². The third-order valence-corrected chi connectivity index (χ3v) is 4.27. The van der Waals surface area contributed by atoms with E-state index < -0.39 is 11.7 Å². The number of alkyl halides is 3. The van der Waals surface area contributed by atoms with Gasteiger partial charge in [0.25, 0.3) is 5.91 Å². The number of ether oxygens (including phenoxy) is 3. The first-order valence-electron chi connectivity index (χ1n) is 8.42. The van der Waals surface area contributed by atoms with E-state index in [4.69, 9.17) is 14.2 Å². The first-order valence-corrected chi connectivity index (χ1v) is 8.42. The van der Waals surface area contributed by atoms with Crippen LogP contribution in [0.1, 0.15) is 21.5 Å². The predicted molar refractivity (Wildman–Crippen MR) is 98.2 cm³/mol. The van der Waals surface area contributed by atoms with E-state index in [0.717, 1.165) is 17.7 Å². The topological polar surface area (TPSA) is 48.0 Å². The number of rotatable bonds is 7. The highest BCUT2D eigenvalue weighted by molar-refractivity contribution is 5.94. The Hall–Kier alpha value is -2.90. The van der Waals surface area contributed by atoms with Crippen molar-refractivity contribution in [3.05, 3.63) is 53.1 Å². The Bertz CT molecular complexity index is 794. The fraction of sp³-hybridized carbons (Fsp3) is 0.350. The number of amides is 1. The zero-order valence-corrected chi connectivity index (χ0v) is 16.1. The highest BCUT2D eigenvalue weighted by atomic mass is 19.4. The molecule has 1 amide bonds. The predicted octanol–water partition coefficient (Wildman–Crippen LogP) is 4.05. The largest absolute Gasteiger partial charge is 0.493 e. The second-order valence-corrected chi connectivity index (χ2v) is 6.09. The molecule has 2 aromatic rings. The number of hydrogen-bond donors (Lipinski definition) is 0. The van der Waals surface area contributed by atoms with Gasteiger partial charge in [0, 0.05) is 19.2 Å². The molecule has 2 aromatic carbocycles. The average Bonchev–Trinajstić information content (AvgIpc) is 2.69. The molecule has 0 fully saturated rings. The zero-order valence-electron chi connectivity index (χ0n) is 16.1. The van der Waals surface area contributed by atoms with Gasteiger partial charge in [-0.2, -0.15) is 13.2 Å². The van der Waals surface area contributed by atoms with E-state index in [2.05, 4.69) is 0 Å². The highest BCUT2D eigenvalue weighted by Crippen LogP contribution is 2.38. The molecule has 0 aromatic heterocycles. The lowest BCUT2D eigenvalue weighted by molar-refractivity contribution is -0.137. The number of methoxy groups -OCH3 is 3. The molecule has 0 atom stereocenters. The Morgan fingerprint density at radius 3 is 1.93 bits per heavy atom. The molecule has 0 aliphatic rings. The molecule has 0 aliphatic carbocycles. The molecule has 0 aliphatic heterocycles. The molecule has 8 heteroatoms. The lowest BCUT2D eigenvalue weighted by Gasteiger charge is -2.19. The quantitative estimate of drug-likeness (QED) is 0.707. The van der Waals surface area contributed by atoms with Crippen molar-refractivity contribution in [2.24, 2.45) is 0 Å². The second kappa shape index (κ2) is 8.86. The van der Waals surface area contributed by atoms with Crippen LogP contribution in [0.2, 0.25) is 0 Å². The summed E-state index contributed by atoms with van der Waals surface area (Å²) in [5.74, 6) is 1.13. The summed E-state index contributed by atoms with van der Waals surface area (Å²) in [5, 5.41) is 0. The first-order chi connectivity index (χ1) is 13.2. The Labute approximate surface area is 161 Å². The van der Waals surface area contributed by atoms with E-state index in [1.807, 2.05) is 0 Å². The first kappa shape index (κ1) is 21.4. The number of carbonyl (C=O) groups excluding carboxylic acids is 1. The van der Waals surface area contributed by atoms with Crippen molar-refractivity contribution in [2.45, 2.75) is 12.6 Å². The second-order valence-electron chi connectivity index (χ2n) is 6.09. The molecule has 0 saturated carbocycles. The van der Waals surface area contributed by atoms with Crippen LogP contribution in [0.5, 0.6) is 17.2 Å². The Balaban J connectivity index is 2.09. The van der Waals surface area contributed by atoms with Gasteiger partial charge in [-0.1, -0.05) is 0 Å². The van der Waals surface area contributed by atoms with Gasteiger partial charge in [0.2, 0.25) is 5.75 Å². The molecule has 5 nitrogen and oxygen atoms in total. The Kier molecular flexibility index (Phi) is 6.77. The number of halogens is 3. The minimum atomic E-state index is -4.43. The van der Waals surface area contributed by atoms with Crippen molar-refractivity contribution in [3.63, 3.8) is 0 Å². The molecule has 152 valence electrons. The third kappa shape index (κ3) is 4.88. The smallest absolute Gasteiger partial charge is 0.416 e. The number of hydrogen-bond acceptors (Lipinski definition) is 4. The average molecular weight is 397 g/mol. The van der Waals surface area contributed by atoms with Gasteiger partial charge < -0.3 is 19.1 Å². The van der Waals surface area contributed by atoms with Gasteiger partial charge in [-0.3, -0.25) is 4.79 Å². The van der Waals surface area contributed by atoms with E-state index in [9.17, 15) is 18.0 Å². The maximum atomic E-state index is 12.6. The summed E-state index contributed by atoms with van der Waals surface area (Å²) in [6, 6.07) is 7.75. The number of nitrogens with zero attached hydrogens (tertiary/aromatic N) is 1. The van der Waals surface area contributed by atoms with E-state index in [1.54, 1.807) is 19.2 Å². The van der Waals surface area contributed by atoms with Crippen LogP contribution in [-0.4, -0.2) is 45.7 Å². The minimum Gasteiger partial charge on any atom is -0.493 e. The summed E-state index contributed by atoms with van der Waals surface area (Å²) in [4.78, 5) is 13.9. The van der Waals surface area contributed by atoms with Gasteiger partial charge in [0.05, 0.1) is 26.9 Å². The van der Waals surface area contributed by atoms with E-state index in [1.165, 1.54) is 38.4 Å². The van der Waals surface area contributed by atoms with Crippen molar-refractivity contribution in [1.82, 2.24) is 4.90 Å². The van der Waals surface area contributed by atoms with Crippen LogP contribution in [0.4, 0.5) is 13.2 Å². The molecule has 28 heavy (non-hydrogen) atoms. The third-order valence-electron chi connectivity index (χ3n) is 4.27. The van der Waals surface area contributed by atoms with E-state index >= 15 is 0 Å². The van der Waals surface area contributed by atoms with Crippen LogP contribution >= 0.6 is 0 Å². The monoisotopic (exact) mass is 397 g/mol. The molecular formula is C20H22F3NO4. The van der Waals surface area contributed by atoms with E-state index in [-0.39, 0.29) is 11.5 Å². The SMILES string of the molecule is COc1cc(CCN(C)C(=O)c2ccc(C(F)(F)F)cc2)cc(OC)c1OC. The van der Waals surface area contributed by atoms with Crippen molar-refractivity contribution in [2.75, 3.05) is 34.9 Å². The fourth-order valence-electron chi connectivity index (χ4n) is 2.70. The molecular weight excluding hydrogens is 375 g/mol. The van der Waals surface area contributed by atoms with Crippen molar-refractivity contribution in [1.29, 1.82) is 0 Å². The van der Waals surface area contributed by atoms with Gasteiger partial charge in [0.1, 0.15) is 0 Å². The number of benzene rings is 2. The van der Waals surface area contributed by atoms with Gasteiger partial charge >= 0.3 is 6.18 Å². The van der Waals surface area contributed by atoms with Crippen LogP contribution in [0.15, 0.2) is 36.4 Å². The van der Waals surface area contributed by atoms with Gasteiger partial charge in [-0.15, -0.1) is 0 Å². The number of likely N-dealkylation sites (N-methyl/N-ethyl adjacent to an activating group) is 1. The molecule has 0 radical (unpaired) electrons. The van der Waals surface area contributed by atoms with Gasteiger partial charge in [-0.25, -0.2) is 0 Å². The molecule has 0 spiro atoms. The van der Waals surface area contributed by atoms with Crippen molar-refractivity contribution < 1.29 is 32.2 Å². The Morgan fingerprint density at radius 2 is 1.50 bits per heavy atom. The summed E-state index contributed by atoms with van der Waals surface area (Å²) in [6.07, 6.45) is -3.93. The van der Waals surface area contributed by atoms with Crippen molar-refractivity contribution >= 4 is 5.91 Å². The van der Waals surface area contributed by atoms with E-state index in [0.29, 0.717) is 30.2 Å². The highest BCUT2D eigenvalue weighted by Gasteiger charge is 2.30. The minimum absolute atomic E-state index is 0.195. The lowest BCUT2D eigenvalue weighted by atomic mass is 10.1. The van der Waals surface area contributed by atoms with Crippen LogP contribution in [0.25, 0.3) is 0 Å². The number of carbonyl (C=O) groups is 1. The normalized spacial score (nSPS) is 11.1. The zero-order chi connectivity index (χ0) is 20.9. The van der Waals surface area contributed by atoms with Gasteiger partial charge in [0.15, 0.2) is 11.5 Å². The maximum absolute atomic E-state index is 12.6. The van der Waals surface area contributed by atoms with Crippen LogP contribution in [0.3, 0.4) is 0 Å². The lowest BCUT2D eigenvalue weighted by Crippen LogP contribution is -2.28. The Morgan fingerprint density at radius 1 is 0.964 bits per heavy atom. The standard InChI is InChI=1S/C20H22F3NO4/c1-24(19(25)14-5-7-15(8-6-14)20(21,22)23)10-9-13-11-16(26-2)18(28-4)17(12-13)27-3/h5-8,11-12H,9-10H2,1-4H3. The van der Waals surface area contributed by atoms with Crippen LogP contribution < -0.4 is 14.2 Å². The van der Waals surface area contributed by atoms with Crippen LogP contribution in [-0.2, 0) is 12.6 Å². The molecule has 0 heterocycles. The van der Waals surface area contributed by atoms with Gasteiger partial charge in [-0.05, 0) is 48.4 Å². The summed E-state index contributed by atoms with van der Waals surface area (Å²) in [7, 11) is 6.14. The summed E-state index contributed by atoms with van der Waals surface area (Å²) >= 11 is 0. The summed E-state index contributed by atoms with van der Waals surface area (Å²) in [5.41, 5.74) is 0.270. The van der Waals surface area contributed by atoms with Crippen molar-refractivity contribution in [3.8, 4) is 17.2 Å². The summed E-state index contributed by atoms with van der Waals surface area (Å²) in [6.45, 7) is 0.360. The molecule has 2 rings (SSSR count). The fourth-order valence-corrected chi connectivity index (χ4v) is 2.70. The molecule has 0 unspecified atom stereocenters. The molecule has 0 saturated heterocycles. The summed E-state index contributed by atoms with van der Waals surface area (Å²) < 4.78 is 53.8. The molecule has 0 bridgehead atoms. The molecule has 0 N–H and O–H groups in total.